The molecule has 0 radical (unpaired) electrons. The van der Waals surface area contributed by atoms with E-state index in [0.29, 0.717) is 0 Å². The van der Waals surface area contributed by atoms with Crippen LogP contribution in [0.2, 0.25) is 4.47 Å². The number of methoxy groups -OCH3 is 1. The summed E-state index contributed by atoms with van der Waals surface area (Å²) in [6, 6.07) is 23.3. The standard InChI is InChI=1S/C24H25N3OTe/c1-3-4-14-29-24-23(25-26-27(24)17-18-8-6-5-7-9-18)21-11-10-20-16-22(28-2)13-12-19(20)15-21/h5-13,15-16H,3-4,14,17H2,1-2H3. The monoisotopic (exact) mass is 501 g/mol. The van der Waals surface area contributed by atoms with Crippen molar-refractivity contribution in [3.8, 4) is 17.0 Å². The first-order valence-electron chi connectivity index (χ1n) is 9.97. The Kier molecular flexibility index (Phi) is 6.49. The predicted molar refractivity (Wildman–Crippen MR) is 120 cm³/mol. The molecule has 148 valence electrons. The van der Waals surface area contributed by atoms with Gasteiger partial charge in [-0.25, -0.2) is 0 Å². The number of hydrogen-bond donors (Lipinski definition) is 0. The molecule has 0 unspecified atom stereocenters. The van der Waals surface area contributed by atoms with Crippen molar-refractivity contribution in [3.05, 3.63) is 72.3 Å². The van der Waals surface area contributed by atoms with Gasteiger partial charge in [0.1, 0.15) is 0 Å². The minimum absolute atomic E-state index is 0.350. The summed E-state index contributed by atoms with van der Waals surface area (Å²) >= 11 is -0.350. The van der Waals surface area contributed by atoms with Crippen LogP contribution in [0.5, 0.6) is 5.75 Å². The van der Waals surface area contributed by atoms with Crippen molar-refractivity contribution < 1.29 is 4.74 Å². The van der Waals surface area contributed by atoms with E-state index < -0.39 is 0 Å². The molecule has 4 nitrogen and oxygen atoms in total. The van der Waals surface area contributed by atoms with E-state index in [1.165, 1.54) is 37.4 Å². The average molecular weight is 499 g/mol. The Morgan fingerprint density at radius 1 is 0.966 bits per heavy atom. The number of benzene rings is 3. The Labute approximate surface area is 182 Å². The molecule has 0 spiro atoms. The molecule has 5 heteroatoms. The summed E-state index contributed by atoms with van der Waals surface area (Å²) in [6.07, 6.45) is 2.51. The number of ether oxygens (including phenoxy) is 1. The third-order valence-corrected chi connectivity index (χ3v) is 8.26. The first kappa shape index (κ1) is 19.9. The summed E-state index contributed by atoms with van der Waals surface area (Å²) in [7, 11) is 1.70. The fourth-order valence-electron chi connectivity index (χ4n) is 3.30. The van der Waals surface area contributed by atoms with Gasteiger partial charge in [-0.1, -0.05) is 0 Å². The van der Waals surface area contributed by atoms with E-state index in [4.69, 9.17) is 4.74 Å². The van der Waals surface area contributed by atoms with E-state index in [2.05, 4.69) is 82.6 Å². The number of aromatic nitrogens is 3. The summed E-state index contributed by atoms with van der Waals surface area (Å²) in [5.41, 5.74) is 3.47. The second kappa shape index (κ2) is 9.43. The topological polar surface area (TPSA) is 39.9 Å². The summed E-state index contributed by atoms with van der Waals surface area (Å²) in [5, 5.41) is 11.5. The maximum absolute atomic E-state index is 5.35. The van der Waals surface area contributed by atoms with E-state index in [1.807, 2.05) is 6.07 Å². The van der Waals surface area contributed by atoms with Crippen molar-refractivity contribution in [3.63, 3.8) is 0 Å². The maximum atomic E-state index is 5.35. The normalized spacial score (nSPS) is 11.1. The van der Waals surface area contributed by atoms with Gasteiger partial charge in [0.15, 0.2) is 0 Å². The number of fused-ring (bicyclic) bond motifs is 1. The van der Waals surface area contributed by atoms with Crippen LogP contribution in [0.25, 0.3) is 22.0 Å². The second-order valence-electron chi connectivity index (χ2n) is 7.02. The Balaban J connectivity index is 1.71. The molecule has 0 fully saturated rings. The van der Waals surface area contributed by atoms with E-state index >= 15 is 0 Å². The molecular weight excluding hydrogens is 474 g/mol. The molecule has 1 heterocycles. The van der Waals surface area contributed by atoms with Crippen LogP contribution >= 0.6 is 0 Å². The fraction of sp³-hybridized carbons (Fsp3) is 0.250. The number of unbranched alkanes of at least 4 members (excludes halogenated alkanes) is 1. The van der Waals surface area contributed by atoms with Gasteiger partial charge in [0, 0.05) is 0 Å². The van der Waals surface area contributed by atoms with Gasteiger partial charge in [-0.2, -0.15) is 0 Å². The molecule has 0 bridgehead atoms. The molecule has 29 heavy (non-hydrogen) atoms. The molecule has 0 amide bonds. The van der Waals surface area contributed by atoms with Gasteiger partial charge in [-0.15, -0.1) is 0 Å². The summed E-state index contributed by atoms with van der Waals surface area (Å²) in [4.78, 5) is 0. The van der Waals surface area contributed by atoms with Crippen molar-refractivity contribution in [2.24, 2.45) is 0 Å². The first-order chi connectivity index (χ1) is 14.3. The SMILES string of the molecule is CCCC[Te]c1c(-c2ccc3cc(OC)ccc3c2)nnn1Cc1ccccc1. The molecule has 0 atom stereocenters. The average Bonchev–Trinajstić information content (AvgIpc) is 3.16. The second-order valence-corrected chi connectivity index (χ2v) is 10.1. The number of hydrogen-bond acceptors (Lipinski definition) is 3. The van der Waals surface area contributed by atoms with Crippen molar-refractivity contribution >= 4 is 35.4 Å². The van der Waals surface area contributed by atoms with Crippen LogP contribution in [0.15, 0.2) is 66.7 Å². The Bertz CT molecular complexity index is 1090. The minimum atomic E-state index is -0.350. The van der Waals surface area contributed by atoms with Gasteiger partial charge in [0.25, 0.3) is 0 Å². The molecule has 0 saturated carbocycles. The zero-order valence-corrected chi connectivity index (χ0v) is 19.2. The van der Waals surface area contributed by atoms with Crippen LogP contribution in [0.1, 0.15) is 25.3 Å². The van der Waals surface area contributed by atoms with Crippen LogP contribution < -0.4 is 8.48 Å². The van der Waals surface area contributed by atoms with Crippen LogP contribution in [0.4, 0.5) is 0 Å². The zero-order valence-electron chi connectivity index (χ0n) is 16.8. The van der Waals surface area contributed by atoms with E-state index in [0.717, 1.165) is 23.6 Å². The van der Waals surface area contributed by atoms with E-state index in [1.54, 1.807) is 7.11 Å². The molecule has 0 aliphatic heterocycles. The van der Waals surface area contributed by atoms with E-state index in [9.17, 15) is 0 Å². The molecule has 1 aromatic heterocycles. The van der Waals surface area contributed by atoms with Gasteiger partial charge in [-0.05, 0) is 0 Å². The molecule has 4 aromatic rings. The first-order valence-corrected chi connectivity index (χ1v) is 12.8. The Hall–Kier alpha value is -2.35. The molecule has 0 aliphatic carbocycles. The van der Waals surface area contributed by atoms with Crippen molar-refractivity contribution in [2.75, 3.05) is 7.11 Å². The summed E-state index contributed by atoms with van der Waals surface area (Å²) in [6.45, 7) is 3.04. The van der Waals surface area contributed by atoms with Gasteiger partial charge < -0.3 is 0 Å². The van der Waals surface area contributed by atoms with Crippen molar-refractivity contribution in [2.45, 2.75) is 30.8 Å². The third-order valence-electron chi connectivity index (χ3n) is 4.92. The molecule has 3 aromatic carbocycles. The van der Waals surface area contributed by atoms with Gasteiger partial charge in [-0.3, -0.25) is 0 Å². The quantitative estimate of drug-likeness (QED) is 0.261. The summed E-state index contributed by atoms with van der Waals surface area (Å²) in [5.74, 6) is 0.881. The number of nitrogens with zero attached hydrogens (tertiary/aromatic N) is 3. The van der Waals surface area contributed by atoms with Gasteiger partial charge in [0.2, 0.25) is 0 Å². The molecule has 4 rings (SSSR count). The van der Waals surface area contributed by atoms with Crippen molar-refractivity contribution in [1.82, 2.24) is 15.0 Å². The van der Waals surface area contributed by atoms with Crippen LogP contribution in [0, 0.1) is 0 Å². The predicted octanol–water partition coefficient (Wildman–Crippen LogP) is 4.70. The van der Waals surface area contributed by atoms with E-state index in [-0.39, 0.29) is 20.9 Å². The molecule has 0 saturated heterocycles. The fourth-order valence-corrected chi connectivity index (χ4v) is 6.64. The zero-order chi connectivity index (χ0) is 20.1. The molecular formula is C24H25N3OTe. The van der Waals surface area contributed by atoms with Crippen LogP contribution in [-0.2, 0) is 6.54 Å². The molecule has 0 N–H and O–H groups in total. The summed E-state index contributed by atoms with van der Waals surface area (Å²) < 4.78 is 10.1. The van der Waals surface area contributed by atoms with Crippen LogP contribution in [-0.4, -0.2) is 43.0 Å². The third kappa shape index (κ3) is 4.63. The van der Waals surface area contributed by atoms with Gasteiger partial charge >= 0.3 is 182 Å². The Morgan fingerprint density at radius 2 is 1.76 bits per heavy atom. The number of rotatable bonds is 8. The Morgan fingerprint density at radius 3 is 2.55 bits per heavy atom. The van der Waals surface area contributed by atoms with Crippen molar-refractivity contribution in [1.29, 1.82) is 0 Å². The molecule has 0 aliphatic rings. The van der Waals surface area contributed by atoms with Crippen LogP contribution in [0.3, 0.4) is 0 Å². The van der Waals surface area contributed by atoms with Gasteiger partial charge in [0.05, 0.1) is 0 Å².